The molecule has 0 aliphatic carbocycles. The number of aromatic nitrogens is 2. The minimum atomic E-state index is -0.0376. The molecular weight excluding hydrogens is 312 g/mol. The van der Waals surface area contributed by atoms with Crippen LogP contribution in [0.1, 0.15) is 17.0 Å². The van der Waals surface area contributed by atoms with Crippen LogP contribution < -0.4 is 10.6 Å². The number of carbonyl (C=O) groups excluding carboxylic acids is 1. The molecule has 1 fully saturated rings. The molecule has 1 aliphatic rings. The molecule has 122 valence electrons. The number of hydrogen-bond acceptors (Lipinski definition) is 3. The van der Waals surface area contributed by atoms with Crippen LogP contribution in [0, 0.1) is 5.92 Å². The lowest BCUT2D eigenvalue weighted by Crippen LogP contribution is -2.35. The SMILES string of the molecule is Cn1cc([C@H]2CNC[C@@H]2C(=O)NCCc2ccc(Cl)cc2)cn1. The van der Waals surface area contributed by atoms with Crippen molar-refractivity contribution < 1.29 is 4.79 Å². The van der Waals surface area contributed by atoms with E-state index >= 15 is 0 Å². The molecule has 1 amide bonds. The third-order valence-electron chi connectivity index (χ3n) is 4.33. The zero-order valence-electron chi connectivity index (χ0n) is 13.1. The van der Waals surface area contributed by atoms with Crippen molar-refractivity contribution in [3.63, 3.8) is 0 Å². The van der Waals surface area contributed by atoms with Crippen molar-refractivity contribution in [2.24, 2.45) is 13.0 Å². The van der Waals surface area contributed by atoms with Crippen LogP contribution in [0.2, 0.25) is 5.02 Å². The summed E-state index contributed by atoms with van der Waals surface area (Å²) in [6.45, 7) is 2.17. The van der Waals surface area contributed by atoms with E-state index in [2.05, 4.69) is 15.7 Å². The van der Waals surface area contributed by atoms with Gasteiger partial charge in [0.15, 0.2) is 0 Å². The maximum absolute atomic E-state index is 12.5. The normalized spacial score (nSPS) is 20.6. The number of amides is 1. The molecule has 0 radical (unpaired) electrons. The fraction of sp³-hybridized carbons (Fsp3) is 0.412. The second kappa shape index (κ2) is 7.15. The lowest BCUT2D eigenvalue weighted by atomic mass is 9.90. The van der Waals surface area contributed by atoms with Crippen molar-refractivity contribution >= 4 is 17.5 Å². The minimum Gasteiger partial charge on any atom is -0.355 e. The Morgan fingerprint density at radius 1 is 1.39 bits per heavy atom. The molecule has 2 heterocycles. The fourth-order valence-electron chi connectivity index (χ4n) is 3.05. The largest absolute Gasteiger partial charge is 0.355 e. The molecule has 2 N–H and O–H groups in total. The molecule has 0 bridgehead atoms. The van der Waals surface area contributed by atoms with E-state index in [0.717, 1.165) is 23.6 Å². The number of nitrogens with one attached hydrogen (secondary N) is 2. The summed E-state index contributed by atoms with van der Waals surface area (Å²) in [5.41, 5.74) is 2.29. The quantitative estimate of drug-likeness (QED) is 0.876. The molecule has 23 heavy (non-hydrogen) atoms. The van der Waals surface area contributed by atoms with E-state index in [1.165, 1.54) is 5.56 Å². The highest BCUT2D eigenvalue weighted by atomic mass is 35.5. The van der Waals surface area contributed by atoms with Crippen LogP contribution in [-0.2, 0) is 18.3 Å². The van der Waals surface area contributed by atoms with Crippen molar-refractivity contribution in [1.29, 1.82) is 0 Å². The lowest BCUT2D eigenvalue weighted by Gasteiger charge is -2.17. The Labute approximate surface area is 141 Å². The average Bonchev–Trinajstić information content (AvgIpc) is 3.17. The molecular formula is C17H21ClN4O. The molecule has 1 aliphatic heterocycles. The third-order valence-corrected chi connectivity index (χ3v) is 4.58. The number of nitrogens with zero attached hydrogens (tertiary/aromatic N) is 2. The highest BCUT2D eigenvalue weighted by molar-refractivity contribution is 6.30. The molecule has 1 aromatic carbocycles. The molecule has 0 unspecified atom stereocenters. The molecule has 2 aromatic rings. The predicted octanol–water partition coefficient (Wildman–Crippen LogP) is 1.74. The van der Waals surface area contributed by atoms with Crippen molar-refractivity contribution in [3.05, 3.63) is 52.8 Å². The average molecular weight is 333 g/mol. The maximum Gasteiger partial charge on any atom is 0.225 e. The van der Waals surface area contributed by atoms with Gasteiger partial charge in [0.05, 0.1) is 12.1 Å². The van der Waals surface area contributed by atoms with Gasteiger partial charge < -0.3 is 10.6 Å². The number of benzene rings is 1. The summed E-state index contributed by atoms with van der Waals surface area (Å²) in [5, 5.41) is 11.3. The fourth-order valence-corrected chi connectivity index (χ4v) is 3.17. The van der Waals surface area contributed by atoms with E-state index in [-0.39, 0.29) is 17.7 Å². The van der Waals surface area contributed by atoms with Gasteiger partial charge in [-0.25, -0.2) is 0 Å². The maximum atomic E-state index is 12.5. The molecule has 5 nitrogen and oxygen atoms in total. The molecule has 0 spiro atoms. The number of carbonyl (C=O) groups is 1. The molecule has 3 rings (SSSR count). The summed E-state index contributed by atoms with van der Waals surface area (Å²) in [4.78, 5) is 12.5. The van der Waals surface area contributed by atoms with Gasteiger partial charge in [-0.15, -0.1) is 0 Å². The van der Waals surface area contributed by atoms with Crippen LogP contribution in [0.15, 0.2) is 36.7 Å². The summed E-state index contributed by atoms with van der Waals surface area (Å²) in [6.07, 6.45) is 4.65. The summed E-state index contributed by atoms with van der Waals surface area (Å²) >= 11 is 5.87. The van der Waals surface area contributed by atoms with E-state index < -0.39 is 0 Å². The van der Waals surface area contributed by atoms with Crippen LogP contribution in [0.4, 0.5) is 0 Å². The Morgan fingerprint density at radius 3 is 2.87 bits per heavy atom. The molecule has 6 heteroatoms. The van der Waals surface area contributed by atoms with Gasteiger partial charge in [0.2, 0.25) is 5.91 Å². The van der Waals surface area contributed by atoms with E-state index in [4.69, 9.17) is 11.6 Å². The zero-order valence-corrected chi connectivity index (χ0v) is 13.9. The monoisotopic (exact) mass is 332 g/mol. The Bertz CT molecular complexity index is 667. The van der Waals surface area contributed by atoms with Gasteiger partial charge in [-0.05, 0) is 29.7 Å². The molecule has 1 saturated heterocycles. The van der Waals surface area contributed by atoms with Crippen molar-refractivity contribution in [2.45, 2.75) is 12.3 Å². The van der Waals surface area contributed by atoms with Gasteiger partial charge in [-0.3, -0.25) is 9.48 Å². The standard InChI is InChI=1S/C17H21ClN4O/c1-22-11-13(8-21-22)15-9-19-10-16(15)17(23)20-7-6-12-2-4-14(18)5-3-12/h2-5,8,11,15-16,19H,6-7,9-10H2,1H3,(H,20,23)/t15-,16+/m1/s1. The highest BCUT2D eigenvalue weighted by Gasteiger charge is 2.34. The minimum absolute atomic E-state index is 0.0376. The molecule has 0 saturated carbocycles. The predicted molar refractivity (Wildman–Crippen MR) is 90.5 cm³/mol. The van der Waals surface area contributed by atoms with Crippen LogP contribution in [0.25, 0.3) is 0 Å². The summed E-state index contributed by atoms with van der Waals surface area (Å²) in [5.74, 6) is 0.265. The Morgan fingerprint density at radius 2 is 2.17 bits per heavy atom. The van der Waals surface area contributed by atoms with Crippen LogP contribution in [0.5, 0.6) is 0 Å². The van der Waals surface area contributed by atoms with Gasteiger partial charge in [0, 0.05) is 43.8 Å². The smallest absolute Gasteiger partial charge is 0.225 e. The Hall–Kier alpha value is -1.85. The van der Waals surface area contributed by atoms with Gasteiger partial charge >= 0.3 is 0 Å². The third kappa shape index (κ3) is 3.92. The van der Waals surface area contributed by atoms with Crippen molar-refractivity contribution in [3.8, 4) is 0 Å². The van der Waals surface area contributed by atoms with Gasteiger partial charge in [0.1, 0.15) is 0 Å². The van der Waals surface area contributed by atoms with E-state index in [1.54, 1.807) is 4.68 Å². The Balaban J connectivity index is 1.54. The molecule has 1 aromatic heterocycles. The van der Waals surface area contributed by atoms with E-state index in [1.807, 2.05) is 43.7 Å². The van der Waals surface area contributed by atoms with Crippen molar-refractivity contribution in [1.82, 2.24) is 20.4 Å². The van der Waals surface area contributed by atoms with E-state index in [0.29, 0.717) is 13.1 Å². The first-order valence-electron chi connectivity index (χ1n) is 7.85. The van der Waals surface area contributed by atoms with Crippen LogP contribution in [0.3, 0.4) is 0 Å². The highest BCUT2D eigenvalue weighted by Crippen LogP contribution is 2.27. The number of hydrogen-bond donors (Lipinski definition) is 2. The van der Waals surface area contributed by atoms with Gasteiger partial charge in [-0.2, -0.15) is 5.10 Å². The van der Waals surface area contributed by atoms with Crippen LogP contribution in [-0.4, -0.2) is 35.3 Å². The first-order chi connectivity index (χ1) is 11.1. The first kappa shape index (κ1) is 16.0. The first-order valence-corrected chi connectivity index (χ1v) is 8.22. The summed E-state index contributed by atoms with van der Waals surface area (Å²) in [7, 11) is 1.90. The zero-order chi connectivity index (χ0) is 16.2. The van der Waals surface area contributed by atoms with Gasteiger partial charge in [0.25, 0.3) is 0 Å². The Kier molecular flexibility index (Phi) is 4.98. The number of halogens is 1. The summed E-state index contributed by atoms with van der Waals surface area (Å²) < 4.78 is 1.78. The van der Waals surface area contributed by atoms with Crippen LogP contribution >= 0.6 is 11.6 Å². The number of aryl methyl sites for hydroxylation is 1. The molecule has 2 atom stereocenters. The second-order valence-electron chi connectivity index (χ2n) is 5.99. The summed E-state index contributed by atoms with van der Waals surface area (Å²) in [6, 6.07) is 7.73. The lowest BCUT2D eigenvalue weighted by molar-refractivity contribution is -0.124. The number of rotatable bonds is 5. The second-order valence-corrected chi connectivity index (χ2v) is 6.42. The van der Waals surface area contributed by atoms with Gasteiger partial charge in [-0.1, -0.05) is 23.7 Å². The van der Waals surface area contributed by atoms with Crippen molar-refractivity contribution in [2.75, 3.05) is 19.6 Å². The topological polar surface area (TPSA) is 59.0 Å². The van der Waals surface area contributed by atoms with E-state index in [9.17, 15) is 4.79 Å².